The third-order valence-electron chi connectivity index (χ3n) is 3.19. The van der Waals surface area contributed by atoms with Crippen LogP contribution in [-0.2, 0) is 4.79 Å². The minimum Gasteiger partial charge on any atom is -0.398 e. The smallest absolute Gasteiger partial charge is 0.239 e. The highest BCUT2D eigenvalue weighted by Crippen LogP contribution is 2.29. The zero-order valence-electron chi connectivity index (χ0n) is 11.9. The molecule has 0 saturated carbocycles. The summed E-state index contributed by atoms with van der Waals surface area (Å²) < 4.78 is 0. The maximum atomic E-state index is 11.8. The van der Waals surface area contributed by atoms with Crippen LogP contribution in [0.3, 0.4) is 0 Å². The molecule has 0 bridgehead atoms. The third kappa shape index (κ3) is 2.99. The molecule has 2 aromatic rings. The number of rotatable bonds is 5. The first-order chi connectivity index (χ1) is 9.63. The number of fused-ring (bicyclic) bond motifs is 1. The quantitative estimate of drug-likeness (QED) is 0.814. The third-order valence-corrected chi connectivity index (χ3v) is 3.19. The lowest BCUT2D eigenvalue weighted by Gasteiger charge is -2.21. The highest BCUT2D eigenvalue weighted by molar-refractivity contribution is 6.01. The number of aromatic nitrogens is 1. The second kappa shape index (κ2) is 6.23. The van der Waals surface area contributed by atoms with Crippen molar-refractivity contribution in [1.29, 1.82) is 0 Å². The fraction of sp³-hybridized carbons (Fsp3) is 0.333. The molecule has 1 aromatic heterocycles. The summed E-state index contributed by atoms with van der Waals surface area (Å²) in [6, 6.07) is 5.67. The second-order valence-corrected chi connectivity index (χ2v) is 4.80. The molecule has 2 rings (SSSR count). The van der Waals surface area contributed by atoms with E-state index in [0.717, 1.165) is 28.6 Å². The van der Waals surface area contributed by atoms with Crippen LogP contribution in [0.5, 0.6) is 0 Å². The van der Waals surface area contributed by atoms with E-state index >= 15 is 0 Å². The summed E-state index contributed by atoms with van der Waals surface area (Å²) >= 11 is 0. The van der Waals surface area contributed by atoms with Crippen molar-refractivity contribution in [3.63, 3.8) is 0 Å². The van der Waals surface area contributed by atoms with Crippen LogP contribution < -0.4 is 16.0 Å². The van der Waals surface area contributed by atoms with Crippen molar-refractivity contribution in [1.82, 2.24) is 10.3 Å². The van der Waals surface area contributed by atoms with Gasteiger partial charge < -0.3 is 16.0 Å². The molecule has 0 aliphatic rings. The van der Waals surface area contributed by atoms with E-state index in [1.165, 1.54) is 0 Å². The Morgan fingerprint density at radius 1 is 1.35 bits per heavy atom. The molecule has 20 heavy (non-hydrogen) atoms. The van der Waals surface area contributed by atoms with Crippen molar-refractivity contribution >= 4 is 28.1 Å². The first-order valence-corrected chi connectivity index (χ1v) is 6.73. The average molecular weight is 272 g/mol. The number of hydrogen-bond acceptors (Lipinski definition) is 4. The van der Waals surface area contributed by atoms with Crippen molar-refractivity contribution in [2.45, 2.75) is 13.3 Å². The number of amides is 1. The number of hydrogen-bond donors (Lipinski definition) is 2. The van der Waals surface area contributed by atoms with Gasteiger partial charge in [-0.25, -0.2) is 0 Å². The van der Waals surface area contributed by atoms with Gasteiger partial charge in [-0.2, -0.15) is 0 Å². The van der Waals surface area contributed by atoms with Crippen LogP contribution in [0.4, 0.5) is 11.4 Å². The number of carbonyl (C=O) groups is 1. The largest absolute Gasteiger partial charge is 0.398 e. The predicted molar refractivity (Wildman–Crippen MR) is 82.7 cm³/mol. The average Bonchev–Trinajstić information content (AvgIpc) is 2.45. The standard InChI is InChI=1S/C15H20N4O/c1-3-7-18-15(20)10-19(2)14-5-4-13(16)11-6-8-17-9-12(11)14/h4-6,8-9H,3,7,10,16H2,1-2H3,(H,18,20). The van der Waals surface area contributed by atoms with Crippen molar-refractivity contribution in [2.75, 3.05) is 30.8 Å². The monoisotopic (exact) mass is 272 g/mol. The summed E-state index contributed by atoms with van der Waals surface area (Å²) in [6.45, 7) is 3.05. The molecule has 5 heteroatoms. The van der Waals surface area contributed by atoms with E-state index in [9.17, 15) is 4.79 Å². The van der Waals surface area contributed by atoms with E-state index < -0.39 is 0 Å². The summed E-state index contributed by atoms with van der Waals surface area (Å²) in [5, 5.41) is 4.79. The molecule has 0 atom stereocenters. The minimum absolute atomic E-state index is 0.0169. The lowest BCUT2D eigenvalue weighted by atomic mass is 10.1. The number of carbonyl (C=O) groups excluding carboxylic acids is 1. The maximum Gasteiger partial charge on any atom is 0.239 e. The van der Waals surface area contributed by atoms with Crippen LogP contribution in [-0.4, -0.2) is 31.0 Å². The number of nitrogen functional groups attached to an aromatic ring is 1. The van der Waals surface area contributed by atoms with Gasteiger partial charge in [0.05, 0.1) is 6.54 Å². The Morgan fingerprint density at radius 3 is 2.90 bits per heavy atom. The molecular formula is C15H20N4O. The topological polar surface area (TPSA) is 71.2 Å². The lowest BCUT2D eigenvalue weighted by Crippen LogP contribution is -2.35. The number of nitrogens with one attached hydrogen (secondary N) is 1. The Balaban J connectivity index is 2.24. The zero-order chi connectivity index (χ0) is 14.5. The predicted octanol–water partition coefficient (Wildman–Crippen LogP) is 1.78. The van der Waals surface area contributed by atoms with Crippen LogP contribution in [0.15, 0.2) is 30.6 Å². The molecule has 0 fully saturated rings. The van der Waals surface area contributed by atoms with Crippen LogP contribution in [0.2, 0.25) is 0 Å². The fourth-order valence-electron chi connectivity index (χ4n) is 2.15. The van der Waals surface area contributed by atoms with Gasteiger partial charge in [-0.05, 0) is 24.6 Å². The van der Waals surface area contributed by atoms with Gasteiger partial charge in [0.2, 0.25) is 5.91 Å². The lowest BCUT2D eigenvalue weighted by molar-refractivity contribution is -0.119. The fourth-order valence-corrected chi connectivity index (χ4v) is 2.15. The Morgan fingerprint density at radius 2 is 2.15 bits per heavy atom. The summed E-state index contributed by atoms with van der Waals surface area (Å²) in [4.78, 5) is 17.8. The van der Waals surface area contributed by atoms with Crippen LogP contribution >= 0.6 is 0 Å². The molecule has 3 N–H and O–H groups in total. The van der Waals surface area contributed by atoms with E-state index in [0.29, 0.717) is 13.1 Å². The van der Waals surface area contributed by atoms with E-state index in [4.69, 9.17) is 5.73 Å². The molecule has 0 unspecified atom stereocenters. The molecule has 106 valence electrons. The van der Waals surface area contributed by atoms with Crippen LogP contribution in [0, 0.1) is 0 Å². The Bertz CT molecular complexity index is 612. The Labute approximate surface area is 118 Å². The molecule has 0 aliphatic heterocycles. The van der Waals surface area contributed by atoms with Crippen molar-refractivity contribution in [3.8, 4) is 0 Å². The molecule has 0 spiro atoms. The highest BCUT2D eigenvalue weighted by Gasteiger charge is 2.11. The van der Waals surface area contributed by atoms with Gasteiger partial charge >= 0.3 is 0 Å². The van der Waals surface area contributed by atoms with E-state index in [1.807, 2.05) is 37.1 Å². The normalized spacial score (nSPS) is 10.5. The van der Waals surface area contributed by atoms with Crippen LogP contribution in [0.1, 0.15) is 13.3 Å². The molecule has 0 saturated heterocycles. The van der Waals surface area contributed by atoms with Gasteiger partial charge in [-0.15, -0.1) is 0 Å². The molecule has 1 heterocycles. The zero-order valence-corrected chi connectivity index (χ0v) is 11.9. The van der Waals surface area contributed by atoms with Gasteiger partial charge in [0.15, 0.2) is 0 Å². The van der Waals surface area contributed by atoms with Gasteiger partial charge in [0.25, 0.3) is 0 Å². The first kappa shape index (κ1) is 14.1. The Hall–Kier alpha value is -2.30. The molecule has 5 nitrogen and oxygen atoms in total. The van der Waals surface area contributed by atoms with Gasteiger partial charge in [-0.3, -0.25) is 9.78 Å². The van der Waals surface area contributed by atoms with E-state index in [2.05, 4.69) is 10.3 Å². The summed E-state index contributed by atoms with van der Waals surface area (Å²) in [6.07, 6.45) is 4.43. The number of anilines is 2. The molecule has 0 aliphatic carbocycles. The summed E-state index contributed by atoms with van der Waals surface area (Å²) in [5.41, 5.74) is 7.64. The highest BCUT2D eigenvalue weighted by atomic mass is 16.2. The maximum absolute atomic E-state index is 11.8. The summed E-state index contributed by atoms with van der Waals surface area (Å²) in [7, 11) is 1.89. The molecule has 0 radical (unpaired) electrons. The van der Waals surface area contributed by atoms with Crippen molar-refractivity contribution < 1.29 is 4.79 Å². The minimum atomic E-state index is 0.0169. The van der Waals surface area contributed by atoms with Crippen LogP contribution in [0.25, 0.3) is 10.8 Å². The van der Waals surface area contributed by atoms with Gasteiger partial charge in [-0.1, -0.05) is 6.92 Å². The van der Waals surface area contributed by atoms with Crippen molar-refractivity contribution in [2.24, 2.45) is 0 Å². The molecular weight excluding hydrogens is 252 g/mol. The van der Waals surface area contributed by atoms with Gasteiger partial charge in [0.1, 0.15) is 0 Å². The number of nitrogens with two attached hydrogens (primary N) is 1. The van der Waals surface area contributed by atoms with E-state index in [-0.39, 0.29) is 5.91 Å². The Kier molecular flexibility index (Phi) is 4.40. The molecule has 1 amide bonds. The van der Waals surface area contributed by atoms with Gasteiger partial charge in [0, 0.05) is 48.1 Å². The molecule has 1 aromatic carbocycles. The second-order valence-electron chi connectivity index (χ2n) is 4.80. The summed E-state index contributed by atoms with van der Waals surface area (Å²) in [5.74, 6) is 0.0169. The van der Waals surface area contributed by atoms with Crippen molar-refractivity contribution in [3.05, 3.63) is 30.6 Å². The number of benzene rings is 1. The number of likely N-dealkylation sites (N-methyl/N-ethyl adjacent to an activating group) is 1. The first-order valence-electron chi connectivity index (χ1n) is 6.73. The SMILES string of the molecule is CCCNC(=O)CN(C)c1ccc(N)c2ccncc12. The number of pyridine rings is 1. The van der Waals surface area contributed by atoms with E-state index in [1.54, 1.807) is 12.4 Å². The number of nitrogens with zero attached hydrogens (tertiary/aromatic N) is 2.